The molecule has 26 heavy (non-hydrogen) atoms. The first-order valence-corrected chi connectivity index (χ1v) is 9.59. The van der Waals surface area contributed by atoms with Crippen LogP contribution >= 0.6 is 11.3 Å². The Labute approximate surface area is 155 Å². The van der Waals surface area contributed by atoms with E-state index in [0.29, 0.717) is 21.7 Å². The standard InChI is InChI=1S/C18H23N5O2S/c1-23-6-2-3-8(7-23)22-18(25)17-12-11-9(13(20)15(24)14(12)21)4-5-10(19)16(11)26-17/h4-5,8,13-14H,2-3,6-7,19-21H2,1H3,(H,22,25). The molecule has 1 aromatic heterocycles. The highest BCUT2D eigenvalue weighted by molar-refractivity contribution is 7.21. The lowest BCUT2D eigenvalue weighted by atomic mass is 9.83. The maximum Gasteiger partial charge on any atom is 0.262 e. The number of likely N-dealkylation sites (N-methyl/N-ethyl adjacent to an activating group) is 1. The van der Waals surface area contributed by atoms with Crippen molar-refractivity contribution < 1.29 is 9.59 Å². The largest absolute Gasteiger partial charge is 0.398 e. The van der Waals surface area contributed by atoms with E-state index < -0.39 is 12.1 Å². The van der Waals surface area contributed by atoms with E-state index in [-0.39, 0.29) is 17.7 Å². The molecule has 3 atom stereocenters. The fraction of sp³-hybridized carbons (Fsp3) is 0.444. The number of Topliss-reactive ketones (excluding diaryl/α,β-unsaturated/α-hetero) is 1. The van der Waals surface area contributed by atoms with Gasteiger partial charge >= 0.3 is 0 Å². The number of carbonyl (C=O) groups excluding carboxylic acids is 2. The Morgan fingerprint density at radius 3 is 2.81 bits per heavy atom. The van der Waals surface area contributed by atoms with Crippen molar-refractivity contribution in [2.75, 3.05) is 25.9 Å². The number of likely N-dealkylation sites (tertiary alicyclic amines) is 1. The second-order valence-corrected chi connectivity index (χ2v) is 8.25. The monoisotopic (exact) mass is 373 g/mol. The highest BCUT2D eigenvalue weighted by atomic mass is 32.1. The second kappa shape index (κ2) is 6.31. The Hall–Kier alpha value is -2.00. The Kier molecular flexibility index (Phi) is 4.23. The highest BCUT2D eigenvalue weighted by Gasteiger charge is 2.38. The van der Waals surface area contributed by atoms with Crippen LogP contribution in [0.1, 0.15) is 45.7 Å². The Morgan fingerprint density at radius 1 is 1.31 bits per heavy atom. The molecule has 4 rings (SSSR count). The molecule has 1 aliphatic heterocycles. The fourth-order valence-corrected chi connectivity index (χ4v) is 5.23. The predicted molar refractivity (Wildman–Crippen MR) is 103 cm³/mol. The number of amides is 1. The number of anilines is 1. The summed E-state index contributed by atoms with van der Waals surface area (Å²) >= 11 is 1.30. The van der Waals surface area contributed by atoms with Crippen LogP contribution in [0.15, 0.2) is 12.1 Å². The van der Waals surface area contributed by atoms with E-state index >= 15 is 0 Å². The molecule has 0 spiro atoms. The van der Waals surface area contributed by atoms with Crippen molar-refractivity contribution in [3.63, 3.8) is 0 Å². The van der Waals surface area contributed by atoms with Crippen LogP contribution in [0, 0.1) is 0 Å². The number of nitrogens with two attached hydrogens (primary N) is 3. The Morgan fingerprint density at radius 2 is 2.08 bits per heavy atom. The summed E-state index contributed by atoms with van der Waals surface area (Å²) in [5.74, 6) is -0.459. The molecule has 2 aromatic rings. The van der Waals surface area contributed by atoms with Gasteiger partial charge in [0.15, 0.2) is 5.78 Å². The molecule has 8 heteroatoms. The third-order valence-corrected chi connectivity index (χ3v) is 6.62. The van der Waals surface area contributed by atoms with Gasteiger partial charge in [-0.2, -0.15) is 0 Å². The molecular formula is C18H23N5O2S. The topological polar surface area (TPSA) is 127 Å². The molecule has 2 aliphatic rings. The highest BCUT2D eigenvalue weighted by Crippen LogP contribution is 2.45. The second-order valence-electron chi connectivity index (χ2n) is 7.23. The number of ketones is 1. The van der Waals surface area contributed by atoms with E-state index in [0.717, 1.165) is 36.0 Å². The van der Waals surface area contributed by atoms with Crippen LogP contribution in [0.2, 0.25) is 0 Å². The van der Waals surface area contributed by atoms with Gasteiger partial charge in [-0.1, -0.05) is 6.07 Å². The van der Waals surface area contributed by atoms with Crippen LogP contribution in [0.5, 0.6) is 0 Å². The minimum Gasteiger partial charge on any atom is -0.398 e. The molecule has 1 aliphatic carbocycles. The van der Waals surface area contributed by atoms with Gasteiger partial charge in [0.25, 0.3) is 5.91 Å². The quantitative estimate of drug-likeness (QED) is 0.579. The van der Waals surface area contributed by atoms with Crippen LogP contribution in [0.4, 0.5) is 5.69 Å². The molecule has 138 valence electrons. The van der Waals surface area contributed by atoms with E-state index in [1.807, 2.05) is 7.05 Å². The number of thiophene rings is 1. The summed E-state index contributed by atoms with van der Waals surface area (Å²) in [7, 11) is 2.05. The number of hydrogen-bond acceptors (Lipinski definition) is 7. The smallest absolute Gasteiger partial charge is 0.262 e. The van der Waals surface area contributed by atoms with Gasteiger partial charge in [-0.05, 0) is 38.1 Å². The zero-order valence-electron chi connectivity index (χ0n) is 14.6. The fourth-order valence-electron chi connectivity index (χ4n) is 4.02. The van der Waals surface area contributed by atoms with Gasteiger partial charge in [0.2, 0.25) is 0 Å². The van der Waals surface area contributed by atoms with Crippen molar-refractivity contribution in [3.8, 4) is 0 Å². The van der Waals surface area contributed by atoms with Crippen molar-refractivity contribution in [1.29, 1.82) is 0 Å². The molecule has 1 aromatic carbocycles. The minimum atomic E-state index is -0.900. The summed E-state index contributed by atoms with van der Waals surface area (Å²) in [5, 5.41) is 3.88. The minimum absolute atomic E-state index is 0.0910. The summed E-state index contributed by atoms with van der Waals surface area (Å²) in [4.78, 5) is 28.2. The van der Waals surface area contributed by atoms with E-state index in [9.17, 15) is 9.59 Å². The zero-order chi connectivity index (χ0) is 18.6. The number of rotatable bonds is 2. The van der Waals surface area contributed by atoms with Crippen LogP contribution in [0.3, 0.4) is 0 Å². The number of carbonyl (C=O) groups is 2. The van der Waals surface area contributed by atoms with E-state index in [2.05, 4.69) is 10.2 Å². The first kappa shape index (κ1) is 17.4. The van der Waals surface area contributed by atoms with Crippen molar-refractivity contribution in [3.05, 3.63) is 28.1 Å². The molecule has 2 heterocycles. The SMILES string of the molecule is CN1CCCC(NC(=O)c2sc3c(N)ccc4c3c2C(N)C(=O)C4N)C1. The molecule has 0 radical (unpaired) electrons. The summed E-state index contributed by atoms with van der Waals surface area (Å²) < 4.78 is 0.779. The van der Waals surface area contributed by atoms with Crippen LogP contribution in [-0.4, -0.2) is 42.8 Å². The number of nitrogens with zero attached hydrogens (tertiary/aromatic N) is 1. The maximum atomic E-state index is 13.0. The molecule has 1 amide bonds. The average Bonchev–Trinajstić information content (AvgIpc) is 3.01. The van der Waals surface area contributed by atoms with E-state index in [4.69, 9.17) is 17.2 Å². The molecule has 1 fully saturated rings. The van der Waals surface area contributed by atoms with E-state index in [1.54, 1.807) is 12.1 Å². The van der Waals surface area contributed by atoms with Gasteiger partial charge < -0.3 is 27.4 Å². The molecule has 7 nitrogen and oxygen atoms in total. The van der Waals surface area contributed by atoms with Crippen molar-refractivity contribution in [2.24, 2.45) is 11.5 Å². The third kappa shape index (κ3) is 2.61. The number of piperidine rings is 1. The van der Waals surface area contributed by atoms with E-state index in [1.165, 1.54) is 11.3 Å². The van der Waals surface area contributed by atoms with Gasteiger partial charge in [-0.15, -0.1) is 11.3 Å². The van der Waals surface area contributed by atoms with Crippen LogP contribution in [0.25, 0.3) is 10.1 Å². The molecule has 1 saturated heterocycles. The summed E-state index contributed by atoms with van der Waals surface area (Å²) in [6.45, 7) is 1.85. The number of nitrogen functional groups attached to an aromatic ring is 1. The van der Waals surface area contributed by atoms with Gasteiger partial charge in [-0.3, -0.25) is 9.59 Å². The summed E-state index contributed by atoms with van der Waals surface area (Å²) in [6, 6.07) is 1.91. The normalized spacial score (nSPS) is 26.3. The number of benzene rings is 1. The molecule has 0 saturated carbocycles. The Bertz CT molecular complexity index is 909. The first-order valence-electron chi connectivity index (χ1n) is 8.77. The van der Waals surface area contributed by atoms with Crippen LogP contribution < -0.4 is 22.5 Å². The Balaban J connectivity index is 1.78. The molecule has 7 N–H and O–H groups in total. The molecular weight excluding hydrogens is 350 g/mol. The van der Waals surface area contributed by atoms with Gasteiger partial charge in [0, 0.05) is 29.2 Å². The number of hydrogen-bond donors (Lipinski definition) is 4. The van der Waals surface area contributed by atoms with Crippen molar-refractivity contribution in [1.82, 2.24) is 10.2 Å². The third-order valence-electron chi connectivity index (χ3n) is 5.36. The summed E-state index contributed by atoms with van der Waals surface area (Å²) in [6.07, 6.45) is 1.99. The average molecular weight is 373 g/mol. The van der Waals surface area contributed by atoms with Crippen molar-refractivity contribution in [2.45, 2.75) is 31.0 Å². The molecule has 0 bridgehead atoms. The lowest BCUT2D eigenvalue weighted by Gasteiger charge is -2.30. The van der Waals surface area contributed by atoms with Gasteiger partial charge in [0.1, 0.15) is 0 Å². The first-order chi connectivity index (χ1) is 12.4. The lowest BCUT2D eigenvalue weighted by molar-refractivity contribution is -0.121. The van der Waals surface area contributed by atoms with Crippen molar-refractivity contribution >= 4 is 38.8 Å². The van der Waals surface area contributed by atoms with Gasteiger partial charge in [-0.25, -0.2) is 0 Å². The van der Waals surface area contributed by atoms with Crippen LogP contribution in [-0.2, 0) is 4.79 Å². The predicted octanol–water partition coefficient (Wildman–Crippen LogP) is 0.890. The zero-order valence-corrected chi connectivity index (χ0v) is 15.4. The van der Waals surface area contributed by atoms with Gasteiger partial charge in [0.05, 0.1) is 21.7 Å². The maximum absolute atomic E-state index is 13.0. The number of nitrogens with one attached hydrogen (secondary N) is 1. The summed E-state index contributed by atoms with van der Waals surface area (Å²) in [5.41, 5.74) is 20.2. The lowest BCUT2D eigenvalue weighted by Crippen LogP contribution is -2.46. The molecule has 3 unspecified atom stereocenters.